The van der Waals surface area contributed by atoms with Gasteiger partial charge < -0.3 is 19.7 Å². The highest BCUT2D eigenvalue weighted by Crippen LogP contribution is 2.16. The minimum Gasteiger partial charge on any atom is -0.497 e. The highest BCUT2D eigenvalue weighted by molar-refractivity contribution is 5.76. The molecule has 1 heterocycles. The topological polar surface area (TPSA) is 50.8 Å². The molecule has 0 bridgehead atoms. The number of amides is 1. The Bertz CT molecular complexity index is 442. The molecule has 1 N–H and O–H groups in total. The number of carbonyl (C=O) groups excluding carboxylic acids is 1. The summed E-state index contributed by atoms with van der Waals surface area (Å²) in [6, 6.07) is 7.42. The Hall–Kier alpha value is -1.75. The fraction of sp³-hybridized carbons (Fsp3) is 0.588. The van der Waals surface area contributed by atoms with E-state index in [9.17, 15) is 4.79 Å². The van der Waals surface area contributed by atoms with Crippen molar-refractivity contribution < 1.29 is 14.3 Å². The average Bonchev–Trinajstić information content (AvgIpc) is 2.58. The Morgan fingerprint density at radius 2 is 1.82 bits per heavy atom. The second kappa shape index (κ2) is 9.30. The summed E-state index contributed by atoms with van der Waals surface area (Å²) in [6.45, 7) is 4.14. The molecule has 1 saturated heterocycles. The van der Waals surface area contributed by atoms with E-state index in [1.807, 2.05) is 24.3 Å². The van der Waals surface area contributed by atoms with E-state index >= 15 is 0 Å². The summed E-state index contributed by atoms with van der Waals surface area (Å²) in [5.41, 5.74) is 0. The number of likely N-dealkylation sites (tertiary alicyclic amines) is 1. The number of methoxy groups -OCH3 is 1. The van der Waals surface area contributed by atoms with Crippen molar-refractivity contribution in [1.82, 2.24) is 10.2 Å². The largest absolute Gasteiger partial charge is 0.497 e. The molecule has 1 aromatic rings. The summed E-state index contributed by atoms with van der Waals surface area (Å²) in [7, 11) is 1.63. The van der Waals surface area contributed by atoms with Gasteiger partial charge in [-0.15, -0.1) is 0 Å². The summed E-state index contributed by atoms with van der Waals surface area (Å²) in [5.74, 6) is 1.69. The molecule has 22 heavy (non-hydrogen) atoms. The molecule has 0 spiro atoms. The van der Waals surface area contributed by atoms with Crippen LogP contribution in [-0.4, -0.2) is 50.7 Å². The monoisotopic (exact) mass is 306 g/mol. The number of nitrogens with zero attached hydrogens (tertiary/aromatic N) is 1. The molecule has 0 unspecified atom stereocenters. The van der Waals surface area contributed by atoms with E-state index in [0.29, 0.717) is 19.6 Å². The lowest BCUT2D eigenvalue weighted by molar-refractivity contribution is -0.121. The summed E-state index contributed by atoms with van der Waals surface area (Å²) < 4.78 is 10.7. The number of hydrogen-bond acceptors (Lipinski definition) is 4. The van der Waals surface area contributed by atoms with E-state index < -0.39 is 0 Å². The SMILES string of the molecule is COc1ccc(OCCNC(=O)CCN2CCCCC2)cc1. The first-order valence-electron chi connectivity index (χ1n) is 8.04. The van der Waals surface area contributed by atoms with Crippen molar-refractivity contribution in [2.24, 2.45) is 0 Å². The van der Waals surface area contributed by atoms with Crippen molar-refractivity contribution in [3.05, 3.63) is 24.3 Å². The van der Waals surface area contributed by atoms with Gasteiger partial charge in [0, 0.05) is 13.0 Å². The maximum Gasteiger partial charge on any atom is 0.221 e. The van der Waals surface area contributed by atoms with Crippen molar-refractivity contribution in [2.45, 2.75) is 25.7 Å². The van der Waals surface area contributed by atoms with Crippen LogP contribution in [0.5, 0.6) is 11.5 Å². The van der Waals surface area contributed by atoms with Crippen LogP contribution < -0.4 is 14.8 Å². The van der Waals surface area contributed by atoms with Crippen LogP contribution in [0.1, 0.15) is 25.7 Å². The molecule has 1 amide bonds. The van der Waals surface area contributed by atoms with Crippen LogP contribution in [0.15, 0.2) is 24.3 Å². The smallest absolute Gasteiger partial charge is 0.221 e. The highest BCUT2D eigenvalue weighted by Gasteiger charge is 2.11. The summed E-state index contributed by atoms with van der Waals surface area (Å²) in [6.07, 6.45) is 4.42. The van der Waals surface area contributed by atoms with E-state index in [-0.39, 0.29) is 5.91 Å². The summed E-state index contributed by atoms with van der Waals surface area (Å²) in [4.78, 5) is 14.1. The van der Waals surface area contributed by atoms with Crippen molar-refractivity contribution in [3.63, 3.8) is 0 Å². The van der Waals surface area contributed by atoms with Crippen LogP contribution in [-0.2, 0) is 4.79 Å². The molecule has 0 radical (unpaired) electrons. The Balaban J connectivity index is 1.54. The number of ether oxygens (including phenoxy) is 2. The van der Waals surface area contributed by atoms with Crippen LogP contribution in [0.25, 0.3) is 0 Å². The number of carbonyl (C=O) groups is 1. The Morgan fingerprint density at radius 1 is 1.14 bits per heavy atom. The molecule has 1 aliphatic heterocycles. The predicted molar refractivity (Wildman–Crippen MR) is 86.4 cm³/mol. The molecule has 5 heteroatoms. The molecular weight excluding hydrogens is 280 g/mol. The number of rotatable bonds is 8. The third kappa shape index (κ3) is 5.93. The van der Waals surface area contributed by atoms with Crippen molar-refractivity contribution in [2.75, 3.05) is 39.9 Å². The fourth-order valence-corrected chi connectivity index (χ4v) is 2.56. The molecule has 1 aromatic carbocycles. The van der Waals surface area contributed by atoms with Gasteiger partial charge in [0.25, 0.3) is 0 Å². The van der Waals surface area contributed by atoms with Gasteiger partial charge in [0.1, 0.15) is 18.1 Å². The van der Waals surface area contributed by atoms with Gasteiger partial charge in [0.05, 0.1) is 13.7 Å². The van der Waals surface area contributed by atoms with E-state index in [0.717, 1.165) is 31.1 Å². The molecule has 2 rings (SSSR count). The third-order valence-corrected chi connectivity index (χ3v) is 3.86. The molecule has 0 aromatic heterocycles. The normalized spacial score (nSPS) is 15.3. The van der Waals surface area contributed by atoms with E-state index in [4.69, 9.17) is 9.47 Å². The molecular formula is C17H26N2O3. The lowest BCUT2D eigenvalue weighted by Crippen LogP contribution is -2.35. The van der Waals surface area contributed by atoms with E-state index in [2.05, 4.69) is 10.2 Å². The van der Waals surface area contributed by atoms with Crippen LogP contribution >= 0.6 is 0 Å². The Labute approximate surface area is 132 Å². The maximum atomic E-state index is 11.8. The number of benzene rings is 1. The zero-order valence-corrected chi connectivity index (χ0v) is 13.3. The van der Waals surface area contributed by atoms with Crippen LogP contribution in [0, 0.1) is 0 Å². The lowest BCUT2D eigenvalue weighted by Gasteiger charge is -2.25. The predicted octanol–water partition coefficient (Wildman–Crippen LogP) is 2.07. The minimum atomic E-state index is 0.101. The third-order valence-electron chi connectivity index (χ3n) is 3.86. The van der Waals surface area contributed by atoms with E-state index in [1.165, 1.54) is 19.3 Å². The van der Waals surface area contributed by atoms with Crippen LogP contribution in [0.2, 0.25) is 0 Å². The lowest BCUT2D eigenvalue weighted by atomic mass is 10.1. The summed E-state index contributed by atoms with van der Waals surface area (Å²) >= 11 is 0. The van der Waals surface area contributed by atoms with Gasteiger partial charge in [-0.05, 0) is 50.2 Å². The molecule has 1 fully saturated rings. The Kier molecular flexibility index (Phi) is 7.03. The van der Waals surface area contributed by atoms with E-state index in [1.54, 1.807) is 7.11 Å². The van der Waals surface area contributed by atoms with Gasteiger partial charge in [-0.3, -0.25) is 4.79 Å². The first-order chi connectivity index (χ1) is 10.8. The van der Waals surface area contributed by atoms with Gasteiger partial charge in [0.15, 0.2) is 0 Å². The van der Waals surface area contributed by atoms with Gasteiger partial charge in [-0.1, -0.05) is 6.42 Å². The molecule has 5 nitrogen and oxygen atoms in total. The zero-order valence-electron chi connectivity index (χ0n) is 13.3. The molecule has 0 atom stereocenters. The minimum absolute atomic E-state index is 0.101. The quantitative estimate of drug-likeness (QED) is 0.747. The molecule has 0 saturated carbocycles. The zero-order chi connectivity index (χ0) is 15.6. The van der Waals surface area contributed by atoms with Crippen LogP contribution in [0.3, 0.4) is 0 Å². The molecule has 1 aliphatic rings. The maximum absolute atomic E-state index is 11.8. The van der Waals surface area contributed by atoms with Gasteiger partial charge in [0.2, 0.25) is 5.91 Å². The first kappa shape index (κ1) is 16.6. The Morgan fingerprint density at radius 3 is 2.50 bits per heavy atom. The second-order valence-corrected chi connectivity index (χ2v) is 5.53. The van der Waals surface area contributed by atoms with Crippen molar-refractivity contribution >= 4 is 5.91 Å². The van der Waals surface area contributed by atoms with Crippen molar-refractivity contribution in [1.29, 1.82) is 0 Å². The number of piperidine rings is 1. The van der Waals surface area contributed by atoms with Crippen molar-refractivity contribution in [3.8, 4) is 11.5 Å². The average molecular weight is 306 g/mol. The molecule has 0 aliphatic carbocycles. The highest BCUT2D eigenvalue weighted by atomic mass is 16.5. The summed E-state index contributed by atoms with van der Waals surface area (Å²) in [5, 5.41) is 2.90. The fourth-order valence-electron chi connectivity index (χ4n) is 2.56. The second-order valence-electron chi connectivity index (χ2n) is 5.53. The number of nitrogens with one attached hydrogen (secondary N) is 1. The molecule has 122 valence electrons. The number of hydrogen-bond donors (Lipinski definition) is 1. The standard InChI is InChI=1S/C17H26N2O3/c1-21-15-5-7-16(8-6-15)22-14-10-18-17(20)9-13-19-11-3-2-4-12-19/h5-8H,2-4,9-14H2,1H3,(H,18,20). The van der Waals surface area contributed by atoms with Gasteiger partial charge in [-0.25, -0.2) is 0 Å². The first-order valence-corrected chi connectivity index (χ1v) is 8.04. The van der Waals surface area contributed by atoms with Gasteiger partial charge >= 0.3 is 0 Å². The van der Waals surface area contributed by atoms with Gasteiger partial charge in [-0.2, -0.15) is 0 Å². The van der Waals surface area contributed by atoms with Crippen LogP contribution in [0.4, 0.5) is 0 Å².